The van der Waals surface area contributed by atoms with Gasteiger partial charge in [0.05, 0.1) is 6.10 Å². The Morgan fingerprint density at radius 2 is 2.10 bits per heavy atom. The van der Waals surface area contributed by atoms with E-state index in [4.69, 9.17) is 4.74 Å². The van der Waals surface area contributed by atoms with Gasteiger partial charge in [0.2, 0.25) is 0 Å². The van der Waals surface area contributed by atoms with Crippen LogP contribution in [0, 0.1) is 0 Å². The zero-order valence-electron chi connectivity index (χ0n) is 6.90. The molecule has 0 rings (SSSR count). The summed E-state index contributed by atoms with van der Waals surface area (Å²) >= 11 is 3.40. The molecule has 0 saturated carbocycles. The van der Waals surface area contributed by atoms with Gasteiger partial charge in [-0.2, -0.15) is 0 Å². The summed E-state index contributed by atoms with van der Waals surface area (Å²) in [5.41, 5.74) is 0. The highest BCUT2D eigenvalue weighted by molar-refractivity contribution is 9.09. The molecule has 0 spiro atoms. The Morgan fingerprint density at radius 1 is 1.40 bits per heavy atom. The number of unbranched alkanes of at least 4 members (excludes halogenated alkanes) is 2. The third-order valence-corrected chi connectivity index (χ3v) is 2.36. The van der Waals surface area contributed by atoms with Crippen LogP contribution in [0.15, 0.2) is 0 Å². The zero-order valence-corrected chi connectivity index (χ0v) is 8.49. The molecule has 0 aromatic carbocycles. The van der Waals surface area contributed by atoms with Gasteiger partial charge >= 0.3 is 0 Å². The van der Waals surface area contributed by atoms with Crippen LogP contribution in [-0.2, 0) is 4.74 Å². The monoisotopic (exact) mass is 208 g/mol. The second-order valence-electron chi connectivity index (χ2n) is 2.51. The van der Waals surface area contributed by atoms with Crippen molar-refractivity contribution in [2.45, 2.75) is 38.7 Å². The van der Waals surface area contributed by atoms with Crippen molar-refractivity contribution < 1.29 is 4.74 Å². The third-order valence-electron chi connectivity index (χ3n) is 1.64. The highest BCUT2D eigenvalue weighted by Gasteiger charge is 2.02. The minimum absolute atomic E-state index is 0.423. The van der Waals surface area contributed by atoms with Crippen LogP contribution in [0.25, 0.3) is 0 Å². The molecule has 0 N–H and O–H groups in total. The van der Waals surface area contributed by atoms with E-state index in [1.54, 1.807) is 7.11 Å². The van der Waals surface area contributed by atoms with E-state index in [0.717, 1.165) is 5.33 Å². The molecule has 1 nitrogen and oxygen atoms in total. The van der Waals surface area contributed by atoms with Crippen molar-refractivity contribution in [1.29, 1.82) is 0 Å². The highest BCUT2D eigenvalue weighted by Crippen LogP contribution is 2.07. The van der Waals surface area contributed by atoms with Crippen LogP contribution in [0.1, 0.15) is 32.6 Å². The Bertz CT molecular complexity index is 62.3. The first-order valence-electron chi connectivity index (χ1n) is 3.93. The lowest BCUT2D eigenvalue weighted by Gasteiger charge is -2.10. The molecule has 10 heavy (non-hydrogen) atoms. The fraction of sp³-hybridized carbons (Fsp3) is 1.00. The van der Waals surface area contributed by atoms with Gasteiger partial charge in [-0.15, -0.1) is 0 Å². The molecule has 0 aromatic rings. The van der Waals surface area contributed by atoms with Gasteiger partial charge in [-0.25, -0.2) is 0 Å². The van der Waals surface area contributed by atoms with Crippen LogP contribution in [0.3, 0.4) is 0 Å². The molecule has 2 heteroatoms. The molecule has 0 aliphatic carbocycles. The first-order chi connectivity index (χ1) is 4.85. The second kappa shape index (κ2) is 7.55. The standard InChI is InChI=1S/C8H17BrO/c1-3-4-5-6-8(7-9)10-2/h8H,3-7H2,1-2H3/t8-/m1/s1. The van der Waals surface area contributed by atoms with Gasteiger partial charge < -0.3 is 4.74 Å². The summed E-state index contributed by atoms with van der Waals surface area (Å²) in [5, 5.41) is 0.965. The van der Waals surface area contributed by atoms with Crippen LogP contribution in [0.5, 0.6) is 0 Å². The summed E-state index contributed by atoms with van der Waals surface area (Å²) in [5.74, 6) is 0. The molecular weight excluding hydrogens is 192 g/mol. The summed E-state index contributed by atoms with van der Waals surface area (Å²) in [7, 11) is 1.78. The van der Waals surface area contributed by atoms with E-state index in [1.807, 2.05) is 0 Å². The zero-order chi connectivity index (χ0) is 7.82. The van der Waals surface area contributed by atoms with Crippen molar-refractivity contribution in [3.8, 4) is 0 Å². The Kier molecular flexibility index (Phi) is 7.88. The highest BCUT2D eigenvalue weighted by atomic mass is 79.9. The molecule has 1 atom stereocenters. The molecule has 0 aromatic heterocycles. The van der Waals surface area contributed by atoms with Gasteiger partial charge in [0.1, 0.15) is 0 Å². The Morgan fingerprint density at radius 3 is 2.50 bits per heavy atom. The maximum absolute atomic E-state index is 5.20. The largest absolute Gasteiger partial charge is 0.381 e. The Labute approximate surface area is 72.3 Å². The molecule has 0 heterocycles. The second-order valence-corrected chi connectivity index (χ2v) is 3.16. The van der Waals surface area contributed by atoms with E-state index in [0.29, 0.717) is 6.10 Å². The van der Waals surface area contributed by atoms with Gasteiger partial charge in [-0.1, -0.05) is 42.1 Å². The summed E-state index contributed by atoms with van der Waals surface area (Å²) < 4.78 is 5.20. The molecule has 0 aliphatic rings. The minimum atomic E-state index is 0.423. The minimum Gasteiger partial charge on any atom is -0.381 e. The van der Waals surface area contributed by atoms with Crippen molar-refractivity contribution in [1.82, 2.24) is 0 Å². The third kappa shape index (κ3) is 5.24. The number of hydrogen-bond donors (Lipinski definition) is 0. The maximum atomic E-state index is 5.20. The van der Waals surface area contributed by atoms with Crippen LogP contribution in [-0.4, -0.2) is 18.5 Å². The van der Waals surface area contributed by atoms with Crippen molar-refractivity contribution >= 4 is 15.9 Å². The summed E-state index contributed by atoms with van der Waals surface area (Å²) in [4.78, 5) is 0. The predicted octanol–water partition coefficient (Wildman–Crippen LogP) is 2.98. The lowest BCUT2D eigenvalue weighted by Crippen LogP contribution is -2.11. The van der Waals surface area contributed by atoms with Gasteiger partial charge in [0.25, 0.3) is 0 Å². The van der Waals surface area contributed by atoms with E-state index in [9.17, 15) is 0 Å². The van der Waals surface area contributed by atoms with E-state index in [1.165, 1.54) is 25.7 Å². The molecule has 0 radical (unpaired) electrons. The van der Waals surface area contributed by atoms with Crippen molar-refractivity contribution in [3.05, 3.63) is 0 Å². The average molecular weight is 209 g/mol. The van der Waals surface area contributed by atoms with Gasteiger partial charge in [-0.3, -0.25) is 0 Å². The summed E-state index contributed by atoms with van der Waals surface area (Å²) in [6.45, 7) is 2.22. The van der Waals surface area contributed by atoms with Crippen LogP contribution in [0.2, 0.25) is 0 Å². The molecule has 0 unspecified atom stereocenters. The lowest BCUT2D eigenvalue weighted by molar-refractivity contribution is 0.113. The number of hydrogen-bond acceptors (Lipinski definition) is 1. The molecule has 0 saturated heterocycles. The SMILES string of the molecule is CCCCC[C@H](CBr)OC. The van der Waals surface area contributed by atoms with Gasteiger partial charge in [0, 0.05) is 12.4 Å². The van der Waals surface area contributed by atoms with Crippen LogP contribution < -0.4 is 0 Å². The number of ether oxygens (including phenoxy) is 1. The van der Waals surface area contributed by atoms with Crippen LogP contribution >= 0.6 is 15.9 Å². The normalized spacial score (nSPS) is 13.5. The summed E-state index contributed by atoms with van der Waals surface area (Å²) in [6, 6.07) is 0. The van der Waals surface area contributed by atoms with E-state index >= 15 is 0 Å². The fourth-order valence-electron chi connectivity index (χ4n) is 0.880. The molecule has 62 valence electrons. The topological polar surface area (TPSA) is 9.23 Å². The Hall–Kier alpha value is 0.440. The quantitative estimate of drug-likeness (QED) is 0.482. The van der Waals surface area contributed by atoms with E-state index in [2.05, 4.69) is 22.9 Å². The fourth-order valence-corrected chi connectivity index (χ4v) is 1.47. The maximum Gasteiger partial charge on any atom is 0.0668 e. The summed E-state index contributed by atoms with van der Waals surface area (Å²) in [6.07, 6.45) is 5.52. The van der Waals surface area contributed by atoms with Gasteiger partial charge in [-0.05, 0) is 6.42 Å². The molecule has 0 bridgehead atoms. The number of rotatable bonds is 6. The first-order valence-corrected chi connectivity index (χ1v) is 5.06. The number of methoxy groups -OCH3 is 1. The van der Waals surface area contributed by atoms with E-state index in [-0.39, 0.29) is 0 Å². The predicted molar refractivity (Wildman–Crippen MR) is 48.7 cm³/mol. The molecule has 0 amide bonds. The van der Waals surface area contributed by atoms with E-state index < -0.39 is 0 Å². The first kappa shape index (κ1) is 10.4. The molecule has 0 aliphatic heterocycles. The van der Waals surface area contributed by atoms with Gasteiger partial charge in [0.15, 0.2) is 0 Å². The smallest absolute Gasteiger partial charge is 0.0668 e. The number of alkyl halides is 1. The lowest BCUT2D eigenvalue weighted by atomic mass is 10.1. The molecular formula is C8H17BrO. The Balaban J connectivity index is 3.09. The molecule has 0 fully saturated rings. The number of halogens is 1. The van der Waals surface area contributed by atoms with Crippen molar-refractivity contribution in [3.63, 3.8) is 0 Å². The van der Waals surface area contributed by atoms with Crippen molar-refractivity contribution in [2.24, 2.45) is 0 Å². The van der Waals surface area contributed by atoms with Crippen LogP contribution in [0.4, 0.5) is 0 Å². The van der Waals surface area contributed by atoms with Crippen molar-refractivity contribution in [2.75, 3.05) is 12.4 Å². The average Bonchev–Trinajstić information content (AvgIpc) is 1.99.